The fourth-order valence-electron chi connectivity index (χ4n) is 2.59. The summed E-state index contributed by atoms with van der Waals surface area (Å²) in [6.07, 6.45) is 2.70. The SMILES string of the molecule is CC1(Nc2c(C#N)cnc3ccccc23)CCNC1. The summed E-state index contributed by atoms with van der Waals surface area (Å²) in [6.45, 7) is 4.10. The molecule has 0 spiro atoms. The number of hydrogen-bond donors (Lipinski definition) is 2. The van der Waals surface area contributed by atoms with Crippen LogP contribution in [0.1, 0.15) is 18.9 Å². The van der Waals surface area contributed by atoms with Gasteiger partial charge in [0.1, 0.15) is 6.07 Å². The molecule has 4 heteroatoms. The third-order valence-corrected chi connectivity index (χ3v) is 3.69. The first-order valence-electron chi connectivity index (χ1n) is 6.49. The molecule has 2 heterocycles. The Kier molecular flexibility index (Phi) is 2.84. The van der Waals surface area contributed by atoms with Gasteiger partial charge < -0.3 is 10.6 Å². The molecule has 1 fully saturated rings. The number of nitriles is 1. The number of aromatic nitrogens is 1. The molecular formula is C15H16N4. The first kappa shape index (κ1) is 11.9. The van der Waals surface area contributed by atoms with Gasteiger partial charge in [0.2, 0.25) is 0 Å². The maximum Gasteiger partial charge on any atom is 0.103 e. The minimum atomic E-state index is -0.00424. The average molecular weight is 252 g/mol. The summed E-state index contributed by atoms with van der Waals surface area (Å²) < 4.78 is 0. The van der Waals surface area contributed by atoms with E-state index in [2.05, 4.69) is 28.6 Å². The van der Waals surface area contributed by atoms with Crippen molar-refractivity contribution < 1.29 is 0 Å². The third kappa shape index (κ3) is 2.13. The van der Waals surface area contributed by atoms with Gasteiger partial charge in [0, 0.05) is 23.7 Å². The van der Waals surface area contributed by atoms with Gasteiger partial charge in [0.05, 0.1) is 16.8 Å². The Bertz CT molecular complexity index is 651. The maximum atomic E-state index is 9.29. The monoisotopic (exact) mass is 252 g/mol. The lowest BCUT2D eigenvalue weighted by atomic mass is 9.99. The quantitative estimate of drug-likeness (QED) is 0.860. The van der Waals surface area contributed by atoms with E-state index in [1.165, 1.54) is 0 Å². The van der Waals surface area contributed by atoms with E-state index in [9.17, 15) is 5.26 Å². The van der Waals surface area contributed by atoms with Gasteiger partial charge >= 0.3 is 0 Å². The van der Waals surface area contributed by atoms with Crippen LogP contribution in [-0.2, 0) is 0 Å². The zero-order valence-corrected chi connectivity index (χ0v) is 10.9. The zero-order valence-electron chi connectivity index (χ0n) is 10.9. The summed E-state index contributed by atoms with van der Waals surface area (Å²) in [4.78, 5) is 4.33. The Morgan fingerprint density at radius 2 is 2.26 bits per heavy atom. The second kappa shape index (κ2) is 4.52. The topological polar surface area (TPSA) is 60.7 Å². The summed E-state index contributed by atoms with van der Waals surface area (Å²) in [5.41, 5.74) is 2.42. The number of rotatable bonds is 2. The van der Waals surface area contributed by atoms with Crippen molar-refractivity contribution in [3.63, 3.8) is 0 Å². The van der Waals surface area contributed by atoms with Gasteiger partial charge in [-0.2, -0.15) is 5.26 Å². The molecule has 1 saturated heterocycles. The number of para-hydroxylation sites is 1. The maximum absolute atomic E-state index is 9.29. The number of benzene rings is 1. The smallest absolute Gasteiger partial charge is 0.103 e. The fourth-order valence-corrected chi connectivity index (χ4v) is 2.59. The number of nitrogens with zero attached hydrogens (tertiary/aromatic N) is 2. The molecule has 1 aromatic heterocycles. The van der Waals surface area contributed by atoms with Crippen LogP contribution >= 0.6 is 0 Å². The van der Waals surface area contributed by atoms with E-state index >= 15 is 0 Å². The number of pyridine rings is 1. The van der Waals surface area contributed by atoms with E-state index in [-0.39, 0.29) is 5.54 Å². The van der Waals surface area contributed by atoms with Crippen LogP contribution in [0.25, 0.3) is 10.9 Å². The third-order valence-electron chi connectivity index (χ3n) is 3.69. The molecule has 1 aromatic carbocycles. The zero-order chi connectivity index (χ0) is 13.3. The largest absolute Gasteiger partial charge is 0.377 e. The highest BCUT2D eigenvalue weighted by atomic mass is 15.1. The Labute approximate surface area is 112 Å². The molecule has 1 unspecified atom stereocenters. The second-order valence-electron chi connectivity index (χ2n) is 5.29. The summed E-state index contributed by atoms with van der Waals surface area (Å²) >= 11 is 0. The highest BCUT2D eigenvalue weighted by Crippen LogP contribution is 2.30. The molecule has 1 aliphatic heterocycles. The van der Waals surface area contributed by atoms with Crippen molar-refractivity contribution in [2.45, 2.75) is 18.9 Å². The standard InChI is InChI=1S/C15H16N4/c1-15(6-7-17-10-15)19-14-11(8-16)9-18-13-5-3-2-4-12(13)14/h2-5,9,17H,6-7,10H2,1H3,(H,18,19). The van der Waals surface area contributed by atoms with Crippen molar-refractivity contribution in [3.05, 3.63) is 36.0 Å². The van der Waals surface area contributed by atoms with E-state index in [0.717, 1.165) is 36.1 Å². The molecule has 0 saturated carbocycles. The van der Waals surface area contributed by atoms with E-state index < -0.39 is 0 Å². The van der Waals surface area contributed by atoms with Crippen LogP contribution in [0.2, 0.25) is 0 Å². The van der Waals surface area contributed by atoms with Crippen LogP contribution in [-0.4, -0.2) is 23.6 Å². The molecule has 1 atom stereocenters. The Hall–Kier alpha value is -2.12. The second-order valence-corrected chi connectivity index (χ2v) is 5.29. The van der Waals surface area contributed by atoms with Crippen LogP contribution in [0.4, 0.5) is 5.69 Å². The molecule has 0 aliphatic carbocycles. The number of fused-ring (bicyclic) bond motifs is 1. The van der Waals surface area contributed by atoms with Gasteiger partial charge in [-0.25, -0.2) is 0 Å². The first-order chi connectivity index (χ1) is 9.22. The predicted molar refractivity (Wildman–Crippen MR) is 76.0 cm³/mol. The lowest BCUT2D eigenvalue weighted by Crippen LogP contribution is -2.37. The summed E-state index contributed by atoms with van der Waals surface area (Å²) in [5, 5.41) is 17.2. The van der Waals surface area contributed by atoms with Crippen LogP contribution in [0, 0.1) is 11.3 Å². The lowest BCUT2D eigenvalue weighted by molar-refractivity contribution is 0.567. The molecule has 2 N–H and O–H groups in total. The molecule has 96 valence electrons. The molecule has 4 nitrogen and oxygen atoms in total. The Morgan fingerprint density at radius 1 is 1.42 bits per heavy atom. The summed E-state index contributed by atoms with van der Waals surface area (Å²) in [5.74, 6) is 0. The van der Waals surface area contributed by atoms with Crippen LogP contribution in [0.5, 0.6) is 0 Å². The van der Waals surface area contributed by atoms with Gasteiger partial charge in [0.25, 0.3) is 0 Å². The molecule has 0 radical (unpaired) electrons. The highest BCUT2D eigenvalue weighted by molar-refractivity contribution is 5.94. The minimum absolute atomic E-state index is 0.00424. The average Bonchev–Trinajstić information content (AvgIpc) is 2.86. The Morgan fingerprint density at radius 3 is 3.00 bits per heavy atom. The van der Waals surface area contributed by atoms with Gasteiger partial charge in [0.15, 0.2) is 0 Å². The van der Waals surface area contributed by atoms with Crippen LogP contribution in [0.15, 0.2) is 30.5 Å². The summed E-state index contributed by atoms with van der Waals surface area (Å²) in [6, 6.07) is 10.2. The predicted octanol–water partition coefficient (Wildman–Crippen LogP) is 2.27. The van der Waals surface area contributed by atoms with E-state index in [4.69, 9.17) is 0 Å². The molecule has 2 aromatic rings. The van der Waals surface area contributed by atoms with Crippen LogP contribution in [0.3, 0.4) is 0 Å². The summed E-state index contributed by atoms with van der Waals surface area (Å²) in [7, 11) is 0. The molecule has 1 aliphatic rings. The normalized spacial score (nSPS) is 22.3. The van der Waals surface area contributed by atoms with E-state index in [1.807, 2.05) is 24.3 Å². The fraction of sp³-hybridized carbons (Fsp3) is 0.333. The van der Waals surface area contributed by atoms with Crippen molar-refractivity contribution in [1.29, 1.82) is 5.26 Å². The van der Waals surface area contributed by atoms with Gasteiger partial charge in [-0.05, 0) is 26.0 Å². The number of hydrogen-bond acceptors (Lipinski definition) is 4. The van der Waals surface area contributed by atoms with Gasteiger partial charge in [-0.15, -0.1) is 0 Å². The van der Waals surface area contributed by atoms with Gasteiger partial charge in [-0.1, -0.05) is 18.2 Å². The molecule has 19 heavy (non-hydrogen) atoms. The minimum Gasteiger partial charge on any atom is -0.377 e. The highest BCUT2D eigenvalue weighted by Gasteiger charge is 2.29. The van der Waals surface area contributed by atoms with E-state index in [1.54, 1.807) is 6.20 Å². The number of nitrogens with one attached hydrogen (secondary N) is 2. The van der Waals surface area contributed by atoms with Crippen molar-refractivity contribution in [2.24, 2.45) is 0 Å². The number of anilines is 1. The van der Waals surface area contributed by atoms with Crippen molar-refractivity contribution in [2.75, 3.05) is 18.4 Å². The van der Waals surface area contributed by atoms with Crippen molar-refractivity contribution in [1.82, 2.24) is 10.3 Å². The molecule has 0 amide bonds. The van der Waals surface area contributed by atoms with E-state index in [0.29, 0.717) is 5.56 Å². The lowest BCUT2D eigenvalue weighted by Gasteiger charge is -2.27. The Balaban J connectivity index is 2.12. The molecule has 0 bridgehead atoms. The first-order valence-corrected chi connectivity index (χ1v) is 6.49. The van der Waals surface area contributed by atoms with Crippen LogP contribution < -0.4 is 10.6 Å². The van der Waals surface area contributed by atoms with Crippen molar-refractivity contribution >= 4 is 16.6 Å². The molecule has 3 rings (SSSR count). The van der Waals surface area contributed by atoms with Crippen molar-refractivity contribution in [3.8, 4) is 6.07 Å². The molecular weight excluding hydrogens is 236 g/mol. The van der Waals surface area contributed by atoms with Gasteiger partial charge in [-0.3, -0.25) is 4.98 Å².